The SMILES string of the molecule is Cc1ccc2nc(Cl)cnc2c1[N+](=O)[O-]. The Labute approximate surface area is 89.9 Å². The van der Waals surface area contributed by atoms with Crippen molar-refractivity contribution in [2.24, 2.45) is 0 Å². The zero-order chi connectivity index (χ0) is 11.0. The van der Waals surface area contributed by atoms with Gasteiger partial charge in [-0.3, -0.25) is 10.1 Å². The van der Waals surface area contributed by atoms with E-state index in [1.54, 1.807) is 19.1 Å². The first kappa shape index (κ1) is 9.79. The molecule has 0 saturated heterocycles. The van der Waals surface area contributed by atoms with Gasteiger partial charge in [0.2, 0.25) is 0 Å². The molecule has 1 heterocycles. The number of aryl methyl sites for hydroxylation is 1. The van der Waals surface area contributed by atoms with Gasteiger partial charge in [-0.25, -0.2) is 9.97 Å². The smallest absolute Gasteiger partial charge is 0.258 e. The van der Waals surface area contributed by atoms with E-state index in [2.05, 4.69) is 9.97 Å². The van der Waals surface area contributed by atoms with Gasteiger partial charge in [-0.15, -0.1) is 0 Å². The van der Waals surface area contributed by atoms with Crippen LogP contribution >= 0.6 is 11.6 Å². The highest BCUT2D eigenvalue weighted by molar-refractivity contribution is 6.29. The van der Waals surface area contributed by atoms with Crippen LogP contribution < -0.4 is 0 Å². The van der Waals surface area contributed by atoms with Gasteiger partial charge in [0.25, 0.3) is 5.69 Å². The minimum Gasteiger partial charge on any atom is -0.258 e. The van der Waals surface area contributed by atoms with Gasteiger partial charge >= 0.3 is 0 Å². The van der Waals surface area contributed by atoms with Gasteiger partial charge in [0.15, 0.2) is 5.52 Å². The van der Waals surface area contributed by atoms with Crippen LogP contribution in [-0.2, 0) is 0 Å². The van der Waals surface area contributed by atoms with Crippen LogP contribution in [0.1, 0.15) is 5.56 Å². The normalized spacial score (nSPS) is 10.5. The number of nitro groups is 1. The molecule has 0 spiro atoms. The van der Waals surface area contributed by atoms with Crippen molar-refractivity contribution in [2.75, 3.05) is 0 Å². The maximum atomic E-state index is 10.8. The summed E-state index contributed by atoms with van der Waals surface area (Å²) in [6, 6.07) is 3.29. The van der Waals surface area contributed by atoms with E-state index in [-0.39, 0.29) is 16.4 Å². The van der Waals surface area contributed by atoms with E-state index < -0.39 is 4.92 Å². The van der Waals surface area contributed by atoms with Crippen LogP contribution in [0.25, 0.3) is 11.0 Å². The number of fused-ring (bicyclic) bond motifs is 1. The van der Waals surface area contributed by atoms with Crippen molar-refractivity contribution in [1.29, 1.82) is 0 Å². The molecule has 76 valence electrons. The Morgan fingerprint density at radius 2 is 2.20 bits per heavy atom. The number of hydrogen-bond acceptors (Lipinski definition) is 4. The first-order valence-electron chi connectivity index (χ1n) is 4.16. The van der Waals surface area contributed by atoms with Crippen molar-refractivity contribution in [3.8, 4) is 0 Å². The van der Waals surface area contributed by atoms with Crippen LogP contribution in [0.5, 0.6) is 0 Å². The zero-order valence-electron chi connectivity index (χ0n) is 7.77. The first-order chi connectivity index (χ1) is 7.09. The molecule has 0 radical (unpaired) electrons. The minimum atomic E-state index is -0.458. The standard InChI is InChI=1S/C9H6ClN3O2/c1-5-2-3-6-8(9(5)13(14)15)11-4-7(10)12-6/h2-4H,1H3. The van der Waals surface area contributed by atoms with Crippen molar-refractivity contribution < 1.29 is 4.92 Å². The molecule has 5 nitrogen and oxygen atoms in total. The number of hydrogen-bond donors (Lipinski definition) is 0. The topological polar surface area (TPSA) is 68.9 Å². The van der Waals surface area contributed by atoms with Crippen LogP contribution in [0, 0.1) is 17.0 Å². The molecule has 6 heteroatoms. The molecule has 0 amide bonds. The summed E-state index contributed by atoms with van der Waals surface area (Å²) < 4.78 is 0. The Morgan fingerprint density at radius 3 is 2.87 bits per heavy atom. The zero-order valence-corrected chi connectivity index (χ0v) is 8.52. The number of halogens is 1. The van der Waals surface area contributed by atoms with Gasteiger partial charge in [0.1, 0.15) is 5.15 Å². The Morgan fingerprint density at radius 1 is 1.47 bits per heavy atom. The molecule has 2 rings (SSSR count). The van der Waals surface area contributed by atoms with Crippen LogP contribution in [0.4, 0.5) is 5.69 Å². The summed E-state index contributed by atoms with van der Waals surface area (Å²) in [4.78, 5) is 18.3. The number of rotatable bonds is 1. The van der Waals surface area contributed by atoms with E-state index in [9.17, 15) is 10.1 Å². The number of aromatic nitrogens is 2. The van der Waals surface area contributed by atoms with Crippen molar-refractivity contribution in [3.05, 3.63) is 39.2 Å². The molecular weight excluding hydrogens is 218 g/mol. The molecule has 0 aliphatic carbocycles. The lowest BCUT2D eigenvalue weighted by Gasteiger charge is -2.00. The lowest BCUT2D eigenvalue weighted by molar-refractivity contribution is -0.383. The van der Waals surface area contributed by atoms with Gasteiger partial charge in [-0.05, 0) is 13.0 Å². The third-order valence-corrected chi connectivity index (χ3v) is 2.22. The Balaban J connectivity index is 2.88. The molecular formula is C9H6ClN3O2. The summed E-state index contributed by atoms with van der Waals surface area (Å²) in [6.45, 7) is 1.66. The summed E-state index contributed by atoms with van der Waals surface area (Å²) >= 11 is 5.65. The third kappa shape index (κ3) is 1.61. The number of benzene rings is 1. The van der Waals surface area contributed by atoms with Crippen molar-refractivity contribution >= 4 is 28.3 Å². The Kier molecular flexibility index (Phi) is 2.24. The average molecular weight is 224 g/mol. The number of nitro benzene ring substituents is 1. The fraction of sp³-hybridized carbons (Fsp3) is 0.111. The van der Waals surface area contributed by atoms with Gasteiger partial charge in [-0.1, -0.05) is 17.7 Å². The first-order valence-corrected chi connectivity index (χ1v) is 4.53. The summed E-state index contributed by atoms with van der Waals surface area (Å²) in [5, 5.41) is 11.0. The van der Waals surface area contributed by atoms with Gasteiger partial charge in [0.05, 0.1) is 16.6 Å². The molecule has 0 fully saturated rings. The second-order valence-electron chi connectivity index (χ2n) is 3.05. The maximum absolute atomic E-state index is 10.8. The molecule has 0 bridgehead atoms. The number of nitrogens with zero attached hydrogens (tertiary/aromatic N) is 3. The second kappa shape index (κ2) is 3.43. The predicted octanol–water partition coefficient (Wildman–Crippen LogP) is 2.50. The summed E-state index contributed by atoms with van der Waals surface area (Å²) in [5.74, 6) is 0. The monoisotopic (exact) mass is 223 g/mol. The summed E-state index contributed by atoms with van der Waals surface area (Å²) in [7, 11) is 0. The fourth-order valence-corrected chi connectivity index (χ4v) is 1.52. The van der Waals surface area contributed by atoms with Gasteiger partial charge in [-0.2, -0.15) is 0 Å². The molecule has 0 aliphatic heterocycles. The highest BCUT2D eigenvalue weighted by atomic mass is 35.5. The Bertz CT molecular complexity index is 556. The molecule has 1 aromatic carbocycles. The molecule has 1 aromatic heterocycles. The van der Waals surface area contributed by atoms with Crippen LogP contribution in [0.15, 0.2) is 18.3 Å². The molecule has 0 aliphatic rings. The molecule has 0 saturated carbocycles. The third-order valence-electron chi connectivity index (χ3n) is 2.04. The quantitative estimate of drug-likeness (QED) is 0.550. The second-order valence-corrected chi connectivity index (χ2v) is 3.44. The van der Waals surface area contributed by atoms with Crippen LogP contribution in [-0.4, -0.2) is 14.9 Å². The van der Waals surface area contributed by atoms with E-state index in [4.69, 9.17) is 11.6 Å². The van der Waals surface area contributed by atoms with Gasteiger partial charge in [0, 0.05) is 5.56 Å². The van der Waals surface area contributed by atoms with E-state index in [1.165, 1.54) is 6.20 Å². The highest BCUT2D eigenvalue weighted by Crippen LogP contribution is 2.26. The summed E-state index contributed by atoms with van der Waals surface area (Å²) in [6.07, 6.45) is 1.30. The minimum absolute atomic E-state index is 0.0170. The van der Waals surface area contributed by atoms with Crippen LogP contribution in [0.2, 0.25) is 5.15 Å². The Hall–Kier alpha value is -1.75. The van der Waals surface area contributed by atoms with E-state index in [0.717, 1.165) is 0 Å². The molecule has 15 heavy (non-hydrogen) atoms. The average Bonchev–Trinajstić information content (AvgIpc) is 2.17. The maximum Gasteiger partial charge on any atom is 0.299 e. The van der Waals surface area contributed by atoms with Gasteiger partial charge < -0.3 is 0 Å². The van der Waals surface area contributed by atoms with E-state index in [1.807, 2.05) is 0 Å². The predicted molar refractivity (Wildman–Crippen MR) is 55.9 cm³/mol. The molecule has 0 unspecified atom stereocenters. The lowest BCUT2D eigenvalue weighted by atomic mass is 10.1. The van der Waals surface area contributed by atoms with E-state index in [0.29, 0.717) is 11.1 Å². The van der Waals surface area contributed by atoms with Crippen molar-refractivity contribution in [1.82, 2.24) is 9.97 Å². The largest absolute Gasteiger partial charge is 0.299 e. The van der Waals surface area contributed by atoms with E-state index >= 15 is 0 Å². The molecule has 0 atom stereocenters. The summed E-state index contributed by atoms with van der Waals surface area (Å²) in [5.41, 5.74) is 1.24. The van der Waals surface area contributed by atoms with Crippen molar-refractivity contribution in [2.45, 2.75) is 6.92 Å². The van der Waals surface area contributed by atoms with Crippen LogP contribution in [0.3, 0.4) is 0 Å². The fourth-order valence-electron chi connectivity index (χ4n) is 1.38. The lowest BCUT2D eigenvalue weighted by Crippen LogP contribution is -1.96. The molecule has 0 N–H and O–H groups in total. The molecule has 2 aromatic rings. The highest BCUT2D eigenvalue weighted by Gasteiger charge is 2.17. The van der Waals surface area contributed by atoms with Crippen molar-refractivity contribution in [3.63, 3.8) is 0 Å².